The maximum Gasteiger partial charge on any atom is 0.248 e. The molecule has 1 atom stereocenters. The number of sulfonamides is 1. The topological polar surface area (TPSA) is 75.7 Å². The number of nitrogens with one attached hydrogen (secondary N) is 1. The molecular formula is C19H23ClN2O4S. The molecule has 1 amide bonds. The summed E-state index contributed by atoms with van der Waals surface area (Å²) in [7, 11) is -2.36. The first-order chi connectivity index (χ1) is 12.7. The van der Waals surface area contributed by atoms with Crippen molar-refractivity contribution in [3.63, 3.8) is 0 Å². The van der Waals surface area contributed by atoms with Crippen LogP contribution in [-0.4, -0.2) is 33.7 Å². The molecule has 0 saturated carbocycles. The third-order valence-corrected chi connectivity index (χ3v) is 5.59. The summed E-state index contributed by atoms with van der Waals surface area (Å²) < 4.78 is 31.2. The largest absolute Gasteiger partial charge is 0.495 e. The molecule has 2 aromatic carbocycles. The predicted octanol–water partition coefficient (Wildman–Crippen LogP) is 3.70. The quantitative estimate of drug-likeness (QED) is 0.755. The first-order valence-corrected chi connectivity index (χ1v) is 10.6. The van der Waals surface area contributed by atoms with Gasteiger partial charge in [0.2, 0.25) is 15.9 Å². The average Bonchev–Trinajstić information content (AvgIpc) is 2.61. The van der Waals surface area contributed by atoms with Gasteiger partial charge in [-0.1, -0.05) is 36.7 Å². The van der Waals surface area contributed by atoms with E-state index in [0.717, 1.165) is 22.5 Å². The third-order valence-electron chi connectivity index (χ3n) is 4.12. The van der Waals surface area contributed by atoms with E-state index in [1.54, 1.807) is 18.2 Å². The molecule has 1 unspecified atom stereocenters. The molecule has 0 radical (unpaired) electrons. The lowest BCUT2D eigenvalue weighted by Crippen LogP contribution is -2.45. The summed E-state index contributed by atoms with van der Waals surface area (Å²) >= 11 is 6.04. The highest BCUT2D eigenvalue weighted by molar-refractivity contribution is 7.92. The van der Waals surface area contributed by atoms with Crippen molar-refractivity contribution in [1.82, 2.24) is 0 Å². The van der Waals surface area contributed by atoms with Gasteiger partial charge in [0.15, 0.2) is 0 Å². The maximum atomic E-state index is 12.8. The van der Waals surface area contributed by atoms with E-state index in [9.17, 15) is 13.2 Å². The number of hydrogen-bond acceptors (Lipinski definition) is 4. The third kappa shape index (κ3) is 4.93. The molecule has 2 aromatic rings. The number of carbonyl (C=O) groups excluding carboxylic acids is 1. The zero-order valence-electron chi connectivity index (χ0n) is 15.7. The van der Waals surface area contributed by atoms with Crippen molar-refractivity contribution in [1.29, 1.82) is 0 Å². The van der Waals surface area contributed by atoms with Crippen molar-refractivity contribution in [2.24, 2.45) is 0 Å². The Bertz CT molecular complexity index is 931. The van der Waals surface area contributed by atoms with Crippen molar-refractivity contribution in [3.8, 4) is 5.75 Å². The van der Waals surface area contributed by atoms with Gasteiger partial charge in [0, 0.05) is 10.7 Å². The number of ether oxygens (including phenoxy) is 1. The Morgan fingerprint density at radius 1 is 1.26 bits per heavy atom. The molecule has 0 heterocycles. The number of anilines is 2. The number of aryl methyl sites for hydroxylation is 1. The van der Waals surface area contributed by atoms with E-state index < -0.39 is 22.0 Å². The van der Waals surface area contributed by atoms with Gasteiger partial charge in [0.1, 0.15) is 11.8 Å². The molecule has 0 bridgehead atoms. The Morgan fingerprint density at radius 3 is 2.52 bits per heavy atom. The van der Waals surface area contributed by atoms with Crippen molar-refractivity contribution in [3.05, 3.63) is 53.1 Å². The number of methoxy groups -OCH3 is 1. The summed E-state index contributed by atoms with van der Waals surface area (Å²) in [4.78, 5) is 12.8. The standard InChI is InChI=1S/C19H23ClN2O4S/c1-5-14-8-6-7-9-16(14)21-19(23)13(2)22(27(4,24)25)17-12-15(20)10-11-18(17)26-3/h6-13H,5H2,1-4H3,(H,21,23). The van der Waals surface area contributed by atoms with Crippen LogP contribution in [0.2, 0.25) is 5.02 Å². The number of carbonyl (C=O) groups is 1. The van der Waals surface area contributed by atoms with Crippen LogP contribution in [-0.2, 0) is 21.2 Å². The number of benzene rings is 2. The molecule has 0 fully saturated rings. The SMILES string of the molecule is CCc1ccccc1NC(=O)C(C)N(c1cc(Cl)ccc1OC)S(C)(=O)=O. The smallest absolute Gasteiger partial charge is 0.248 e. The second-order valence-corrected chi connectivity index (χ2v) is 8.35. The summed E-state index contributed by atoms with van der Waals surface area (Å²) in [5.41, 5.74) is 1.83. The monoisotopic (exact) mass is 410 g/mol. The summed E-state index contributed by atoms with van der Waals surface area (Å²) in [6.45, 7) is 3.50. The number of para-hydroxylation sites is 1. The van der Waals surface area contributed by atoms with Gasteiger partial charge in [-0.3, -0.25) is 9.10 Å². The molecule has 0 aliphatic rings. The van der Waals surface area contributed by atoms with Crippen LogP contribution in [0.25, 0.3) is 0 Å². The van der Waals surface area contributed by atoms with Gasteiger partial charge in [-0.25, -0.2) is 8.42 Å². The molecule has 6 nitrogen and oxygen atoms in total. The Morgan fingerprint density at radius 2 is 1.93 bits per heavy atom. The molecule has 2 rings (SSSR count). The Hall–Kier alpha value is -2.25. The van der Waals surface area contributed by atoms with Crippen LogP contribution in [0.15, 0.2) is 42.5 Å². The van der Waals surface area contributed by atoms with E-state index in [4.69, 9.17) is 16.3 Å². The van der Waals surface area contributed by atoms with Crippen molar-refractivity contribution in [2.75, 3.05) is 23.0 Å². The van der Waals surface area contributed by atoms with E-state index in [0.29, 0.717) is 16.5 Å². The fourth-order valence-corrected chi connectivity index (χ4v) is 4.14. The van der Waals surface area contributed by atoms with Crippen LogP contribution < -0.4 is 14.4 Å². The molecule has 0 aromatic heterocycles. The highest BCUT2D eigenvalue weighted by atomic mass is 35.5. The second kappa shape index (κ2) is 8.63. The van der Waals surface area contributed by atoms with E-state index in [1.165, 1.54) is 20.1 Å². The molecule has 0 spiro atoms. The van der Waals surface area contributed by atoms with Crippen molar-refractivity contribution < 1.29 is 17.9 Å². The van der Waals surface area contributed by atoms with Crippen LogP contribution in [0.5, 0.6) is 5.75 Å². The summed E-state index contributed by atoms with van der Waals surface area (Å²) in [5, 5.41) is 3.15. The number of nitrogens with zero attached hydrogens (tertiary/aromatic N) is 1. The minimum absolute atomic E-state index is 0.207. The Kier molecular flexibility index (Phi) is 6.73. The predicted molar refractivity (Wildman–Crippen MR) is 109 cm³/mol. The van der Waals surface area contributed by atoms with Gasteiger partial charge in [0.05, 0.1) is 19.1 Å². The second-order valence-electron chi connectivity index (χ2n) is 6.05. The molecule has 27 heavy (non-hydrogen) atoms. The summed E-state index contributed by atoms with van der Waals surface area (Å²) in [5.74, 6) is -0.151. The number of hydrogen-bond donors (Lipinski definition) is 1. The first kappa shape index (κ1) is 21.1. The van der Waals surface area contributed by atoms with E-state index in [2.05, 4.69) is 5.32 Å². The lowest BCUT2D eigenvalue weighted by atomic mass is 10.1. The van der Waals surface area contributed by atoms with E-state index >= 15 is 0 Å². The minimum Gasteiger partial charge on any atom is -0.495 e. The van der Waals surface area contributed by atoms with Crippen molar-refractivity contribution >= 4 is 38.9 Å². The molecule has 146 valence electrons. The van der Waals surface area contributed by atoms with Gasteiger partial charge in [-0.2, -0.15) is 0 Å². The van der Waals surface area contributed by atoms with Gasteiger partial charge in [0.25, 0.3) is 0 Å². The van der Waals surface area contributed by atoms with Crippen LogP contribution in [0.3, 0.4) is 0 Å². The zero-order chi connectivity index (χ0) is 20.2. The normalized spacial score (nSPS) is 12.3. The highest BCUT2D eigenvalue weighted by Crippen LogP contribution is 2.34. The zero-order valence-corrected chi connectivity index (χ0v) is 17.3. The fourth-order valence-electron chi connectivity index (χ4n) is 2.80. The van der Waals surface area contributed by atoms with Gasteiger partial charge in [-0.05, 0) is 43.2 Å². The molecule has 8 heteroatoms. The summed E-state index contributed by atoms with van der Waals surface area (Å²) in [6.07, 6.45) is 1.78. The van der Waals surface area contributed by atoms with E-state index in [-0.39, 0.29) is 5.69 Å². The van der Waals surface area contributed by atoms with Crippen LogP contribution in [0.1, 0.15) is 19.4 Å². The summed E-state index contributed by atoms with van der Waals surface area (Å²) in [6, 6.07) is 11.0. The molecule has 0 aliphatic heterocycles. The molecular weight excluding hydrogens is 388 g/mol. The van der Waals surface area contributed by atoms with Crippen LogP contribution in [0, 0.1) is 0 Å². The van der Waals surface area contributed by atoms with Crippen molar-refractivity contribution in [2.45, 2.75) is 26.3 Å². The highest BCUT2D eigenvalue weighted by Gasteiger charge is 2.31. The molecule has 0 saturated heterocycles. The fraction of sp³-hybridized carbons (Fsp3) is 0.316. The average molecular weight is 411 g/mol. The van der Waals surface area contributed by atoms with Gasteiger partial charge in [-0.15, -0.1) is 0 Å². The van der Waals surface area contributed by atoms with Gasteiger partial charge >= 0.3 is 0 Å². The maximum absolute atomic E-state index is 12.8. The number of halogens is 1. The Balaban J connectivity index is 2.43. The first-order valence-electron chi connectivity index (χ1n) is 8.40. The van der Waals surface area contributed by atoms with E-state index in [1.807, 2.05) is 25.1 Å². The lowest BCUT2D eigenvalue weighted by molar-refractivity contribution is -0.116. The number of rotatable bonds is 7. The van der Waals surface area contributed by atoms with Gasteiger partial charge < -0.3 is 10.1 Å². The van der Waals surface area contributed by atoms with Crippen LogP contribution in [0.4, 0.5) is 11.4 Å². The minimum atomic E-state index is -3.79. The molecule has 1 N–H and O–H groups in total. The molecule has 0 aliphatic carbocycles. The Labute approximate surface area is 165 Å². The number of amides is 1. The lowest BCUT2D eigenvalue weighted by Gasteiger charge is -2.29. The van der Waals surface area contributed by atoms with Crippen LogP contribution >= 0.6 is 11.6 Å².